The highest BCUT2D eigenvalue weighted by atomic mass is 31.2. The summed E-state index contributed by atoms with van der Waals surface area (Å²) >= 11 is 0. The third-order valence-corrected chi connectivity index (χ3v) is 14.8. The molecule has 0 heterocycles. The minimum absolute atomic E-state index is 1.32. The Kier molecular flexibility index (Phi) is 9.88. The van der Waals surface area contributed by atoms with E-state index in [1.807, 2.05) is 0 Å². The third kappa shape index (κ3) is 5.24. The molecule has 0 amide bonds. The van der Waals surface area contributed by atoms with E-state index in [0.717, 1.165) is 0 Å². The summed E-state index contributed by atoms with van der Waals surface area (Å²) in [6.45, 7) is 11.9. The van der Waals surface area contributed by atoms with Gasteiger partial charge >= 0.3 is 0 Å². The van der Waals surface area contributed by atoms with E-state index in [0.29, 0.717) is 0 Å². The van der Waals surface area contributed by atoms with Gasteiger partial charge in [-0.2, -0.15) is 0 Å². The Balaban J connectivity index is 3.26. The topological polar surface area (TPSA) is 12.4 Å². The standard InChI is InChI=1S/C30H27BF15NP/c1-28(2,3)48(29(4,5)6,30(7,8)9)47-31(10-13(32)19(38)25(44)20(39)14(10)33,11-15(34)21(40)26(45)22(41)16(11)35)12-17(36)23(42)27(46)24(43)18(12)37/h1-9H3/q-1. The Bertz CT molecular complexity index is 1600. The van der Waals surface area contributed by atoms with Crippen LogP contribution in [-0.4, -0.2) is 21.7 Å². The molecule has 3 aromatic rings. The molecule has 0 fully saturated rings. The first-order valence-corrected chi connectivity index (χ1v) is 15.6. The average Bonchev–Trinajstić information content (AvgIpc) is 2.95. The van der Waals surface area contributed by atoms with Crippen LogP contribution < -0.4 is 16.4 Å². The molecule has 1 nitrogen and oxygen atoms in total. The van der Waals surface area contributed by atoms with Gasteiger partial charge in [0, 0.05) is 0 Å². The second-order valence-corrected chi connectivity index (χ2v) is 19.6. The Morgan fingerprint density at radius 2 is 0.458 bits per heavy atom. The van der Waals surface area contributed by atoms with Gasteiger partial charge < -0.3 is 4.66 Å². The quantitative estimate of drug-likeness (QED) is 0.0836. The van der Waals surface area contributed by atoms with Crippen LogP contribution in [0.4, 0.5) is 65.9 Å². The first-order valence-electron chi connectivity index (χ1n) is 13.8. The highest BCUT2D eigenvalue weighted by Crippen LogP contribution is 2.77. The van der Waals surface area contributed by atoms with Gasteiger partial charge in [0.1, 0.15) is 34.9 Å². The molecule has 266 valence electrons. The van der Waals surface area contributed by atoms with E-state index in [9.17, 15) is 13.2 Å². The summed E-state index contributed by atoms with van der Waals surface area (Å²) in [5.74, 6) is -45.7. The van der Waals surface area contributed by atoms with Crippen molar-refractivity contribution in [2.75, 3.05) is 0 Å². The molecule has 0 bridgehead atoms. The number of rotatable bonds is 4. The third-order valence-electron chi connectivity index (χ3n) is 8.24. The molecule has 0 aliphatic carbocycles. The van der Waals surface area contributed by atoms with Crippen molar-refractivity contribution in [2.24, 2.45) is 4.66 Å². The van der Waals surface area contributed by atoms with Gasteiger partial charge in [-0.15, -0.1) is 0 Å². The average molecular weight is 728 g/mol. The highest BCUT2D eigenvalue weighted by Gasteiger charge is 2.55. The summed E-state index contributed by atoms with van der Waals surface area (Å²) in [4.78, 5) is 0. The maximum atomic E-state index is 16.1. The first kappa shape index (κ1) is 39.3. The molecule has 0 radical (unpaired) electrons. The summed E-state index contributed by atoms with van der Waals surface area (Å²) in [6.07, 6.45) is -6.05. The fourth-order valence-corrected chi connectivity index (χ4v) is 15.3. The lowest BCUT2D eigenvalue weighted by molar-refractivity contribution is 0.379. The predicted octanol–water partition coefficient (Wildman–Crippen LogP) is 9.34. The maximum Gasteiger partial charge on any atom is 0.203 e. The molecule has 3 aromatic carbocycles. The summed E-state index contributed by atoms with van der Waals surface area (Å²) in [5.41, 5.74) is -8.17. The summed E-state index contributed by atoms with van der Waals surface area (Å²) < 4.78 is 234. The molecule has 18 heteroatoms. The van der Waals surface area contributed by atoms with E-state index in [-0.39, 0.29) is 0 Å². The number of hydrogen-bond acceptors (Lipinski definition) is 1. The van der Waals surface area contributed by atoms with Crippen molar-refractivity contribution in [3.63, 3.8) is 0 Å². The summed E-state index contributed by atoms with van der Waals surface area (Å²) in [7, 11) is -4.27. The van der Waals surface area contributed by atoms with Crippen LogP contribution in [0.25, 0.3) is 0 Å². The van der Waals surface area contributed by atoms with Gasteiger partial charge in [0.15, 0.2) is 52.4 Å². The lowest BCUT2D eigenvalue weighted by Crippen LogP contribution is -2.72. The Labute approximate surface area is 265 Å². The number of benzene rings is 3. The number of hydrogen-bond donors (Lipinski definition) is 0. The van der Waals surface area contributed by atoms with Crippen LogP contribution >= 0.6 is 7.05 Å². The molecule has 3 rings (SSSR count). The Morgan fingerprint density at radius 1 is 0.312 bits per heavy atom. The first-order chi connectivity index (χ1) is 21.5. The monoisotopic (exact) mass is 728 g/mol. The van der Waals surface area contributed by atoms with Crippen LogP contribution in [0.15, 0.2) is 4.66 Å². The fraction of sp³-hybridized carbons (Fsp3) is 0.400. The van der Waals surface area contributed by atoms with Crippen molar-refractivity contribution in [3.05, 3.63) is 87.3 Å². The summed E-state index contributed by atoms with van der Waals surface area (Å²) in [5, 5.41) is -4.68. The zero-order chi connectivity index (χ0) is 37.6. The second kappa shape index (κ2) is 12.0. The van der Waals surface area contributed by atoms with Crippen LogP contribution in [0.3, 0.4) is 0 Å². The molecule has 0 N–H and O–H groups in total. The van der Waals surface area contributed by atoms with Crippen molar-refractivity contribution in [1.29, 1.82) is 0 Å². The lowest BCUT2D eigenvalue weighted by Gasteiger charge is -2.59. The maximum absolute atomic E-state index is 16.1. The zero-order valence-electron chi connectivity index (χ0n) is 26.6. The minimum Gasteiger partial charge on any atom is -0.495 e. The molecule has 0 saturated heterocycles. The normalized spacial score (nSPS) is 13.4. The minimum atomic E-state index is -6.05. The van der Waals surface area contributed by atoms with Gasteiger partial charge in [-0.05, 0) is 15.5 Å². The van der Waals surface area contributed by atoms with E-state index in [1.165, 1.54) is 62.3 Å². The molecule has 0 unspecified atom stereocenters. The molecule has 0 saturated carbocycles. The van der Waals surface area contributed by atoms with Gasteiger partial charge in [0.25, 0.3) is 0 Å². The van der Waals surface area contributed by atoms with Crippen molar-refractivity contribution < 1.29 is 65.9 Å². The van der Waals surface area contributed by atoms with E-state index >= 15 is 52.7 Å². The van der Waals surface area contributed by atoms with E-state index in [2.05, 4.69) is 4.66 Å². The molecular weight excluding hydrogens is 701 g/mol. The number of nitrogens with zero attached hydrogens (tertiary/aromatic N) is 1. The molecular formula is C30H27BF15NP-. The van der Waals surface area contributed by atoms with Crippen LogP contribution in [0.5, 0.6) is 0 Å². The molecule has 0 aromatic heterocycles. The number of halogens is 15. The van der Waals surface area contributed by atoms with Crippen molar-refractivity contribution in [3.8, 4) is 0 Å². The lowest BCUT2D eigenvalue weighted by atomic mass is 9.24. The molecule has 0 spiro atoms. The predicted molar refractivity (Wildman–Crippen MR) is 152 cm³/mol. The Morgan fingerprint density at radius 3 is 0.604 bits per heavy atom. The van der Waals surface area contributed by atoms with E-state index in [4.69, 9.17) is 0 Å². The van der Waals surface area contributed by atoms with Crippen molar-refractivity contribution in [2.45, 2.75) is 77.8 Å². The van der Waals surface area contributed by atoms with Crippen LogP contribution in [0.2, 0.25) is 0 Å². The van der Waals surface area contributed by atoms with Gasteiger partial charge in [-0.1, -0.05) is 85.8 Å². The van der Waals surface area contributed by atoms with Gasteiger partial charge in [0.2, 0.25) is 6.28 Å². The molecule has 0 aliphatic rings. The van der Waals surface area contributed by atoms with E-state index < -0.39 is 132 Å². The smallest absolute Gasteiger partial charge is 0.203 e. The second-order valence-electron chi connectivity index (χ2n) is 14.0. The van der Waals surface area contributed by atoms with Gasteiger partial charge in [0.05, 0.1) is 0 Å². The largest absolute Gasteiger partial charge is 0.495 e. The molecule has 0 aliphatic heterocycles. The molecule has 48 heavy (non-hydrogen) atoms. The van der Waals surface area contributed by atoms with Crippen LogP contribution in [-0.2, 0) is 0 Å². The van der Waals surface area contributed by atoms with Crippen molar-refractivity contribution in [1.82, 2.24) is 0 Å². The summed E-state index contributed by atoms with van der Waals surface area (Å²) in [6, 6.07) is 0. The molecule has 0 atom stereocenters. The Hall–Kier alpha value is -3.10. The fourth-order valence-electron chi connectivity index (χ4n) is 7.37. The SMILES string of the molecule is CC(C)(C)P(=N[B-](c1c(F)c(F)c(F)c(F)c1F)(c1c(F)c(F)c(F)c(F)c1F)c1c(F)c(F)c(F)c(F)c1F)(C(C)(C)C)C(C)(C)C. The van der Waals surface area contributed by atoms with Crippen molar-refractivity contribution >= 4 is 29.7 Å². The van der Waals surface area contributed by atoms with Crippen LogP contribution in [0, 0.1) is 87.3 Å². The zero-order valence-corrected chi connectivity index (χ0v) is 27.5. The van der Waals surface area contributed by atoms with Crippen LogP contribution in [0.1, 0.15) is 62.3 Å². The highest BCUT2D eigenvalue weighted by molar-refractivity contribution is 7.72. The van der Waals surface area contributed by atoms with Gasteiger partial charge in [-0.25, -0.2) is 65.9 Å². The van der Waals surface area contributed by atoms with E-state index in [1.54, 1.807) is 0 Å². The van der Waals surface area contributed by atoms with Gasteiger partial charge in [-0.3, -0.25) is 0 Å².